The molecule has 1 aromatic rings. The van der Waals surface area contributed by atoms with Crippen molar-refractivity contribution < 1.29 is 4.79 Å². The molecule has 2 unspecified atom stereocenters. The summed E-state index contributed by atoms with van der Waals surface area (Å²) in [7, 11) is 0. The molecule has 0 aliphatic rings. The zero-order valence-electron chi connectivity index (χ0n) is 10.8. The quantitative estimate of drug-likeness (QED) is 0.829. The summed E-state index contributed by atoms with van der Waals surface area (Å²) in [5.74, 6) is -0.150. The third-order valence-corrected chi connectivity index (χ3v) is 3.05. The standard InChI is InChI=1S/C14H19N3O/c1-3-12(9-16)14(18)17-10(2)13-6-4-11(8-15)5-7-13/h4-7,10,12H,3,9,16H2,1-2H3,(H,17,18). The monoisotopic (exact) mass is 245 g/mol. The van der Waals surface area contributed by atoms with Crippen molar-refractivity contribution in [2.24, 2.45) is 11.7 Å². The molecule has 0 aliphatic carbocycles. The van der Waals surface area contributed by atoms with Crippen LogP contribution in [0.4, 0.5) is 0 Å². The van der Waals surface area contributed by atoms with Crippen molar-refractivity contribution in [2.75, 3.05) is 6.54 Å². The highest BCUT2D eigenvalue weighted by Gasteiger charge is 2.17. The number of hydrogen-bond acceptors (Lipinski definition) is 3. The lowest BCUT2D eigenvalue weighted by molar-refractivity contribution is -0.125. The highest BCUT2D eigenvalue weighted by Crippen LogP contribution is 2.14. The minimum Gasteiger partial charge on any atom is -0.349 e. The fourth-order valence-electron chi connectivity index (χ4n) is 1.72. The second-order valence-electron chi connectivity index (χ2n) is 4.30. The van der Waals surface area contributed by atoms with Crippen molar-refractivity contribution in [3.63, 3.8) is 0 Å². The molecule has 0 spiro atoms. The first-order chi connectivity index (χ1) is 8.62. The largest absolute Gasteiger partial charge is 0.349 e. The molecule has 0 aliphatic heterocycles. The van der Waals surface area contributed by atoms with Gasteiger partial charge in [-0.25, -0.2) is 0 Å². The van der Waals surface area contributed by atoms with E-state index in [1.807, 2.05) is 26.0 Å². The molecule has 0 bridgehead atoms. The Balaban J connectivity index is 2.67. The molecule has 0 aromatic heterocycles. The topological polar surface area (TPSA) is 78.9 Å². The molecule has 0 heterocycles. The van der Waals surface area contributed by atoms with Gasteiger partial charge in [-0.3, -0.25) is 4.79 Å². The molecule has 18 heavy (non-hydrogen) atoms. The lowest BCUT2D eigenvalue weighted by Crippen LogP contribution is -2.36. The van der Waals surface area contributed by atoms with E-state index in [1.165, 1.54) is 0 Å². The van der Waals surface area contributed by atoms with Crippen LogP contribution in [0.25, 0.3) is 0 Å². The van der Waals surface area contributed by atoms with Crippen LogP contribution >= 0.6 is 0 Å². The molecule has 2 atom stereocenters. The highest BCUT2D eigenvalue weighted by atomic mass is 16.1. The lowest BCUT2D eigenvalue weighted by Gasteiger charge is -2.18. The summed E-state index contributed by atoms with van der Waals surface area (Å²) < 4.78 is 0. The normalized spacial score (nSPS) is 13.4. The molecule has 1 amide bonds. The molecule has 1 aromatic carbocycles. The second-order valence-corrected chi connectivity index (χ2v) is 4.30. The van der Waals surface area contributed by atoms with Gasteiger partial charge in [-0.1, -0.05) is 19.1 Å². The Hall–Kier alpha value is -1.86. The van der Waals surface area contributed by atoms with Crippen LogP contribution in [-0.4, -0.2) is 12.5 Å². The van der Waals surface area contributed by atoms with Gasteiger partial charge in [0.1, 0.15) is 0 Å². The molecule has 4 nitrogen and oxygen atoms in total. The number of amides is 1. The van der Waals surface area contributed by atoms with E-state index in [-0.39, 0.29) is 17.9 Å². The van der Waals surface area contributed by atoms with Crippen molar-refractivity contribution >= 4 is 5.91 Å². The number of nitrogens with zero attached hydrogens (tertiary/aromatic N) is 1. The Morgan fingerprint density at radius 2 is 2.06 bits per heavy atom. The summed E-state index contributed by atoms with van der Waals surface area (Å²) in [5, 5.41) is 11.6. The minimum absolute atomic E-state index is 0.0168. The third kappa shape index (κ3) is 3.57. The van der Waals surface area contributed by atoms with E-state index in [2.05, 4.69) is 11.4 Å². The van der Waals surface area contributed by atoms with Gasteiger partial charge in [0.15, 0.2) is 0 Å². The lowest BCUT2D eigenvalue weighted by atomic mass is 10.0. The Kier molecular flexibility index (Phi) is 5.34. The molecule has 3 N–H and O–H groups in total. The fraction of sp³-hybridized carbons (Fsp3) is 0.429. The number of nitriles is 1. The van der Waals surface area contributed by atoms with Crippen LogP contribution in [0.1, 0.15) is 37.4 Å². The van der Waals surface area contributed by atoms with Crippen LogP contribution in [0.2, 0.25) is 0 Å². The van der Waals surface area contributed by atoms with Crippen LogP contribution in [0, 0.1) is 17.2 Å². The number of carbonyl (C=O) groups is 1. The van der Waals surface area contributed by atoms with Crippen LogP contribution in [-0.2, 0) is 4.79 Å². The van der Waals surface area contributed by atoms with Gasteiger partial charge in [0.25, 0.3) is 0 Å². The van der Waals surface area contributed by atoms with E-state index in [9.17, 15) is 4.79 Å². The van der Waals surface area contributed by atoms with E-state index < -0.39 is 0 Å². The number of nitrogens with one attached hydrogen (secondary N) is 1. The molecular formula is C14H19N3O. The predicted molar refractivity (Wildman–Crippen MR) is 70.6 cm³/mol. The minimum atomic E-state index is -0.133. The summed E-state index contributed by atoms with van der Waals surface area (Å²) in [5.41, 5.74) is 7.14. The predicted octanol–water partition coefficient (Wildman–Crippen LogP) is 1.72. The first-order valence-corrected chi connectivity index (χ1v) is 6.12. The van der Waals surface area contributed by atoms with Crippen molar-refractivity contribution in [1.29, 1.82) is 5.26 Å². The van der Waals surface area contributed by atoms with E-state index in [0.29, 0.717) is 12.1 Å². The second kappa shape index (κ2) is 6.77. The molecule has 0 saturated heterocycles. The van der Waals surface area contributed by atoms with Gasteiger partial charge in [0, 0.05) is 12.5 Å². The number of benzene rings is 1. The summed E-state index contributed by atoms with van der Waals surface area (Å²) in [6, 6.07) is 9.19. The summed E-state index contributed by atoms with van der Waals surface area (Å²) >= 11 is 0. The number of rotatable bonds is 5. The maximum Gasteiger partial charge on any atom is 0.224 e. The summed E-state index contributed by atoms with van der Waals surface area (Å²) in [6.07, 6.45) is 0.739. The van der Waals surface area contributed by atoms with Crippen LogP contribution in [0.5, 0.6) is 0 Å². The summed E-state index contributed by atoms with van der Waals surface area (Å²) in [6.45, 7) is 4.23. The highest BCUT2D eigenvalue weighted by molar-refractivity contribution is 5.79. The van der Waals surface area contributed by atoms with E-state index >= 15 is 0 Å². The van der Waals surface area contributed by atoms with Crippen LogP contribution in [0.15, 0.2) is 24.3 Å². The zero-order valence-corrected chi connectivity index (χ0v) is 10.8. The molecular weight excluding hydrogens is 226 g/mol. The zero-order chi connectivity index (χ0) is 13.5. The van der Waals surface area contributed by atoms with Crippen molar-refractivity contribution in [1.82, 2.24) is 5.32 Å². The number of nitrogens with two attached hydrogens (primary N) is 1. The van der Waals surface area contributed by atoms with E-state index in [4.69, 9.17) is 11.0 Å². The van der Waals surface area contributed by atoms with E-state index in [1.54, 1.807) is 12.1 Å². The smallest absolute Gasteiger partial charge is 0.224 e. The number of hydrogen-bond donors (Lipinski definition) is 2. The molecule has 0 radical (unpaired) electrons. The molecule has 0 saturated carbocycles. The molecule has 4 heteroatoms. The van der Waals surface area contributed by atoms with Crippen LogP contribution in [0.3, 0.4) is 0 Å². The van der Waals surface area contributed by atoms with E-state index in [0.717, 1.165) is 12.0 Å². The van der Waals surface area contributed by atoms with Gasteiger partial charge in [-0.05, 0) is 31.0 Å². The van der Waals surface area contributed by atoms with Crippen molar-refractivity contribution in [2.45, 2.75) is 26.3 Å². The average molecular weight is 245 g/mol. The third-order valence-electron chi connectivity index (χ3n) is 3.05. The van der Waals surface area contributed by atoms with Gasteiger partial charge in [0.05, 0.1) is 17.7 Å². The molecule has 0 fully saturated rings. The SMILES string of the molecule is CCC(CN)C(=O)NC(C)c1ccc(C#N)cc1. The van der Waals surface area contributed by atoms with Gasteiger partial charge in [-0.15, -0.1) is 0 Å². The van der Waals surface area contributed by atoms with Crippen LogP contribution < -0.4 is 11.1 Å². The van der Waals surface area contributed by atoms with Crippen molar-refractivity contribution in [3.05, 3.63) is 35.4 Å². The maximum absolute atomic E-state index is 11.9. The Bertz CT molecular complexity index is 429. The first kappa shape index (κ1) is 14.2. The van der Waals surface area contributed by atoms with Gasteiger partial charge >= 0.3 is 0 Å². The maximum atomic E-state index is 11.9. The number of carbonyl (C=O) groups excluding carboxylic acids is 1. The Morgan fingerprint density at radius 1 is 1.44 bits per heavy atom. The molecule has 1 rings (SSSR count). The van der Waals surface area contributed by atoms with Gasteiger partial charge in [0.2, 0.25) is 5.91 Å². The van der Waals surface area contributed by atoms with Gasteiger partial charge < -0.3 is 11.1 Å². The molecule has 96 valence electrons. The van der Waals surface area contributed by atoms with Crippen molar-refractivity contribution in [3.8, 4) is 6.07 Å². The van der Waals surface area contributed by atoms with Gasteiger partial charge in [-0.2, -0.15) is 5.26 Å². The summed E-state index contributed by atoms with van der Waals surface area (Å²) in [4.78, 5) is 11.9. The Morgan fingerprint density at radius 3 is 2.50 bits per heavy atom. The first-order valence-electron chi connectivity index (χ1n) is 6.12. The average Bonchev–Trinajstić information content (AvgIpc) is 2.40. The Labute approximate surface area is 108 Å². The fourth-order valence-corrected chi connectivity index (χ4v) is 1.72.